The number of hydrogen-bond acceptors (Lipinski definition) is 4. The molecule has 1 aliphatic heterocycles. The molecule has 0 N–H and O–H groups in total. The Balaban J connectivity index is 1.77. The van der Waals surface area contributed by atoms with Crippen molar-refractivity contribution in [3.8, 4) is 11.4 Å². The Morgan fingerprint density at radius 1 is 1.19 bits per heavy atom. The number of ether oxygens (including phenoxy) is 1. The molecule has 0 bridgehead atoms. The second-order valence-corrected chi connectivity index (χ2v) is 5.35. The Hall–Kier alpha value is -1.72. The van der Waals surface area contributed by atoms with Gasteiger partial charge in [0.25, 0.3) is 0 Å². The molecule has 3 rings (SSSR count). The first-order chi connectivity index (χ1) is 10.3. The minimum absolute atomic E-state index is 0.423. The third-order valence-electron chi connectivity index (χ3n) is 4.16. The SMILES string of the molecule is CCn1ncnc1-c1ccc([C@@H](C)N2CCOCC2)cc1. The van der Waals surface area contributed by atoms with Crippen LogP contribution in [-0.2, 0) is 11.3 Å². The van der Waals surface area contributed by atoms with Crippen LogP contribution in [0.1, 0.15) is 25.5 Å². The normalized spacial score (nSPS) is 17.8. The van der Waals surface area contributed by atoms with Crippen molar-refractivity contribution in [2.24, 2.45) is 0 Å². The van der Waals surface area contributed by atoms with Crippen molar-refractivity contribution < 1.29 is 4.74 Å². The van der Waals surface area contributed by atoms with E-state index in [0.717, 1.165) is 44.2 Å². The van der Waals surface area contributed by atoms with E-state index < -0.39 is 0 Å². The summed E-state index contributed by atoms with van der Waals surface area (Å²) in [7, 11) is 0. The zero-order chi connectivity index (χ0) is 14.7. The van der Waals surface area contributed by atoms with E-state index in [1.165, 1.54) is 5.56 Å². The summed E-state index contributed by atoms with van der Waals surface area (Å²) < 4.78 is 7.34. The van der Waals surface area contributed by atoms with Crippen LogP contribution in [0.2, 0.25) is 0 Å². The molecule has 112 valence electrons. The van der Waals surface area contributed by atoms with Gasteiger partial charge in [-0.3, -0.25) is 4.90 Å². The fourth-order valence-corrected chi connectivity index (χ4v) is 2.81. The quantitative estimate of drug-likeness (QED) is 0.865. The Morgan fingerprint density at radius 2 is 1.90 bits per heavy atom. The lowest BCUT2D eigenvalue weighted by Gasteiger charge is -2.32. The molecular formula is C16H22N4O. The van der Waals surface area contributed by atoms with E-state index >= 15 is 0 Å². The fraction of sp³-hybridized carbons (Fsp3) is 0.500. The molecule has 5 heteroatoms. The van der Waals surface area contributed by atoms with E-state index in [9.17, 15) is 0 Å². The number of benzene rings is 1. The first-order valence-corrected chi connectivity index (χ1v) is 7.59. The summed E-state index contributed by atoms with van der Waals surface area (Å²) in [5.41, 5.74) is 2.45. The van der Waals surface area contributed by atoms with E-state index in [-0.39, 0.29) is 0 Å². The maximum atomic E-state index is 5.42. The maximum absolute atomic E-state index is 5.42. The predicted octanol–water partition coefficient (Wildman–Crippen LogP) is 2.36. The molecule has 0 aliphatic carbocycles. The lowest BCUT2D eigenvalue weighted by atomic mass is 10.0. The highest BCUT2D eigenvalue weighted by Crippen LogP contribution is 2.24. The minimum atomic E-state index is 0.423. The van der Waals surface area contributed by atoms with Crippen LogP contribution in [0.3, 0.4) is 0 Å². The van der Waals surface area contributed by atoms with Crippen LogP contribution in [-0.4, -0.2) is 46.0 Å². The van der Waals surface area contributed by atoms with Crippen molar-refractivity contribution >= 4 is 0 Å². The Labute approximate surface area is 125 Å². The number of hydrogen-bond donors (Lipinski definition) is 0. The summed E-state index contributed by atoms with van der Waals surface area (Å²) in [5.74, 6) is 0.933. The van der Waals surface area contributed by atoms with E-state index in [1.807, 2.05) is 4.68 Å². The van der Waals surface area contributed by atoms with Crippen LogP contribution in [0.15, 0.2) is 30.6 Å². The van der Waals surface area contributed by atoms with Crippen LogP contribution in [0.5, 0.6) is 0 Å². The van der Waals surface area contributed by atoms with Gasteiger partial charge < -0.3 is 4.74 Å². The van der Waals surface area contributed by atoms with E-state index in [2.05, 4.69) is 53.1 Å². The van der Waals surface area contributed by atoms with Crippen LogP contribution >= 0.6 is 0 Å². The van der Waals surface area contributed by atoms with Crippen molar-refractivity contribution in [2.75, 3.05) is 26.3 Å². The lowest BCUT2D eigenvalue weighted by molar-refractivity contribution is 0.0198. The molecule has 0 unspecified atom stereocenters. The summed E-state index contributed by atoms with van der Waals surface area (Å²) in [6.07, 6.45) is 1.61. The van der Waals surface area contributed by atoms with Gasteiger partial charge in [-0.25, -0.2) is 9.67 Å². The van der Waals surface area contributed by atoms with Crippen molar-refractivity contribution in [3.05, 3.63) is 36.2 Å². The molecule has 1 aromatic heterocycles. The molecule has 1 aromatic carbocycles. The Morgan fingerprint density at radius 3 is 2.57 bits per heavy atom. The summed E-state index contributed by atoms with van der Waals surface area (Å²) in [6, 6.07) is 9.10. The van der Waals surface area contributed by atoms with E-state index in [0.29, 0.717) is 6.04 Å². The van der Waals surface area contributed by atoms with Gasteiger partial charge in [0.15, 0.2) is 5.82 Å². The molecular weight excluding hydrogens is 264 g/mol. The highest BCUT2D eigenvalue weighted by atomic mass is 16.5. The topological polar surface area (TPSA) is 43.2 Å². The second kappa shape index (κ2) is 6.37. The van der Waals surface area contributed by atoms with Crippen LogP contribution in [0.25, 0.3) is 11.4 Å². The summed E-state index contributed by atoms with van der Waals surface area (Å²) in [6.45, 7) is 8.85. The number of rotatable bonds is 4. The molecule has 0 radical (unpaired) electrons. The lowest BCUT2D eigenvalue weighted by Crippen LogP contribution is -2.37. The average molecular weight is 286 g/mol. The van der Waals surface area contributed by atoms with Gasteiger partial charge in [-0.05, 0) is 19.4 Å². The third kappa shape index (κ3) is 2.99. The molecule has 1 fully saturated rings. The van der Waals surface area contributed by atoms with Crippen molar-refractivity contribution in [1.29, 1.82) is 0 Å². The molecule has 2 heterocycles. The average Bonchev–Trinajstić information content (AvgIpc) is 3.04. The van der Waals surface area contributed by atoms with Crippen molar-refractivity contribution in [3.63, 3.8) is 0 Å². The summed E-state index contributed by atoms with van der Waals surface area (Å²) >= 11 is 0. The number of nitrogens with zero attached hydrogens (tertiary/aromatic N) is 4. The molecule has 1 aliphatic rings. The zero-order valence-corrected chi connectivity index (χ0v) is 12.7. The van der Waals surface area contributed by atoms with Gasteiger partial charge in [0.05, 0.1) is 13.2 Å². The highest BCUT2D eigenvalue weighted by molar-refractivity contribution is 5.55. The molecule has 1 atom stereocenters. The van der Waals surface area contributed by atoms with Gasteiger partial charge in [0.1, 0.15) is 6.33 Å². The molecule has 0 spiro atoms. The maximum Gasteiger partial charge on any atom is 0.158 e. The highest BCUT2D eigenvalue weighted by Gasteiger charge is 2.18. The van der Waals surface area contributed by atoms with Crippen LogP contribution < -0.4 is 0 Å². The molecule has 21 heavy (non-hydrogen) atoms. The van der Waals surface area contributed by atoms with Crippen molar-refractivity contribution in [2.45, 2.75) is 26.4 Å². The third-order valence-corrected chi connectivity index (χ3v) is 4.16. The van der Waals surface area contributed by atoms with Gasteiger partial charge >= 0.3 is 0 Å². The zero-order valence-electron chi connectivity index (χ0n) is 12.7. The Bertz CT molecular complexity index is 572. The Kier molecular flexibility index (Phi) is 4.31. The molecule has 5 nitrogen and oxygen atoms in total. The van der Waals surface area contributed by atoms with Crippen molar-refractivity contribution in [1.82, 2.24) is 19.7 Å². The first kappa shape index (κ1) is 14.2. The van der Waals surface area contributed by atoms with Gasteiger partial charge in [0.2, 0.25) is 0 Å². The van der Waals surface area contributed by atoms with Gasteiger partial charge in [-0.1, -0.05) is 24.3 Å². The van der Waals surface area contributed by atoms with Gasteiger partial charge in [0, 0.05) is 31.2 Å². The number of aromatic nitrogens is 3. The second-order valence-electron chi connectivity index (χ2n) is 5.35. The minimum Gasteiger partial charge on any atom is -0.379 e. The molecule has 2 aromatic rings. The monoisotopic (exact) mass is 286 g/mol. The summed E-state index contributed by atoms with van der Waals surface area (Å²) in [4.78, 5) is 6.81. The fourth-order valence-electron chi connectivity index (χ4n) is 2.81. The molecule has 0 saturated carbocycles. The first-order valence-electron chi connectivity index (χ1n) is 7.59. The predicted molar refractivity (Wildman–Crippen MR) is 81.9 cm³/mol. The van der Waals surface area contributed by atoms with E-state index in [4.69, 9.17) is 4.74 Å². The van der Waals surface area contributed by atoms with Crippen LogP contribution in [0, 0.1) is 0 Å². The number of morpholine rings is 1. The van der Waals surface area contributed by atoms with Crippen LogP contribution in [0.4, 0.5) is 0 Å². The largest absolute Gasteiger partial charge is 0.379 e. The van der Waals surface area contributed by atoms with Gasteiger partial charge in [-0.2, -0.15) is 5.10 Å². The number of aryl methyl sites for hydroxylation is 1. The molecule has 1 saturated heterocycles. The summed E-state index contributed by atoms with van der Waals surface area (Å²) in [5, 5.41) is 4.23. The molecule has 0 amide bonds. The van der Waals surface area contributed by atoms with E-state index in [1.54, 1.807) is 6.33 Å². The van der Waals surface area contributed by atoms with Gasteiger partial charge in [-0.15, -0.1) is 0 Å². The standard InChI is InChI=1S/C16H22N4O/c1-3-20-16(17-12-18-20)15-6-4-14(5-7-15)13(2)19-8-10-21-11-9-19/h4-7,12-13H,3,8-11H2,1-2H3/t13-/m1/s1. The smallest absolute Gasteiger partial charge is 0.158 e.